The molecule has 0 radical (unpaired) electrons. The molecule has 0 bridgehead atoms. The van der Waals surface area contributed by atoms with E-state index in [0.717, 1.165) is 12.0 Å². The summed E-state index contributed by atoms with van der Waals surface area (Å²) in [7, 11) is 0. The number of aromatic nitrogens is 4. The number of hydrogen-bond acceptors (Lipinski definition) is 5. The van der Waals surface area contributed by atoms with Crippen LogP contribution in [0.2, 0.25) is 0 Å². The van der Waals surface area contributed by atoms with Crippen LogP contribution >= 0.6 is 0 Å². The Morgan fingerprint density at radius 3 is 2.80 bits per heavy atom. The predicted molar refractivity (Wildman–Crippen MR) is 73.4 cm³/mol. The van der Waals surface area contributed by atoms with Crippen molar-refractivity contribution >= 4 is 11.9 Å². The van der Waals surface area contributed by atoms with Crippen LogP contribution in [-0.4, -0.2) is 32.7 Å². The van der Waals surface area contributed by atoms with Crippen molar-refractivity contribution in [1.82, 2.24) is 20.2 Å². The van der Waals surface area contributed by atoms with E-state index in [1.807, 2.05) is 38.1 Å². The molecular weight excluding hydrogens is 258 g/mol. The van der Waals surface area contributed by atoms with Gasteiger partial charge in [0.25, 0.3) is 5.91 Å². The molecule has 0 unspecified atom stereocenters. The van der Waals surface area contributed by atoms with Crippen LogP contribution in [0, 0.1) is 6.92 Å². The highest BCUT2D eigenvalue weighted by Gasteiger charge is 2.10. The largest absolute Gasteiger partial charge is 0.484 e. The van der Waals surface area contributed by atoms with Gasteiger partial charge in [0.2, 0.25) is 5.95 Å². The molecule has 0 fully saturated rings. The Labute approximate surface area is 116 Å². The van der Waals surface area contributed by atoms with Crippen LogP contribution in [0.5, 0.6) is 5.75 Å². The van der Waals surface area contributed by atoms with Gasteiger partial charge < -0.3 is 4.74 Å². The fourth-order valence-corrected chi connectivity index (χ4v) is 1.60. The summed E-state index contributed by atoms with van der Waals surface area (Å²) in [5, 5.41) is 13.7. The second-order valence-corrected chi connectivity index (χ2v) is 4.38. The molecule has 1 heterocycles. The van der Waals surface area contributed by atoms with Gasteiger partial charge in [-0.3, -0.25) is 10.1 Å². The van der Waals surface area contributed by atoms with E-state index in [9.17, 15) is 4.79 Å². The van der Waals surface area contributed by atoms with Gasteiger partial charge in [-0.2, -0.15) is 0 Å². The standard InChI is InChI=1S/C13H17N5O2/c1-3-8-18-13(15-16-17-18)14-12(19)9-20-11-6-4-10(2)5-7-11/h4-7H,3,8-9H2,1-2H3,(H,14,15,17,19). The molecule has 7 nitrogen and oxygen atoms in total. The number of rotatable bonds is 6. The van der Waals surface area contributed by atoms with Crippen molar-refractivity contribution in [3.05, 3.63) is 29.8 Å². The van der Waals surface area contributed by atoms with E-state index in [-0.39, 0.29) is 12.5 Å². The topological polar surface area (TPSA) is 81.9 Å². The number of nitrogens with one attached hydrogen (secondary N) is 1. The lowest BCUT2D eigenvalue weighted by atomic mass is 10.2. The Morgan fingerprint density at radius 2 is 2.10 bits per heavy atom. The fourth-order valence-electron chi connectivity index (χ4n) is 1.60. The SMILES string of the molecule is CCCn1nnnc1NC(=O)COc1ccc(C)cc1. The van der Waals surface area contributed by atoms with Crippen molar-refractivity contribution in [2.24, 2.45) is 0 Å². The molecule has 2 aromatic rings. The van der Waals surface area contributed by atoms with Crippen LogP contribution < -0.4 is 10.1 Å². The van der Waals surface area contributed by atoms with Crippen molar-refractivity contribution < 1.29 is 9.53 Å². The summed E-state index contributed by atoms with van der Waals surface area (Å²) >= 11 is 0. The minimum absolute atomic E-state index is 0.0813. The molecule has 0 aliphatic rings. The number of anilines is 1. The summed E-state index contributed by atoms with van der Waals surface area (Å²) in [6, 6.07) is 7.50. The Balaban J connectivity index is 1.86. The number of ether oxygens (including phenoxy) is 1. The first-order chi connectivity index (χ1) is 9.69. The molecule has 1 N–H and O–H groups in total. The molecule has 1 aromatic heterocycles. The monoisotopic (exact) mass is 275 g/mol. The lowest BCUT2D eigenvalue weighted by molar-refractivity contribution is -0.118. The second kappa shape index (κ2) is 6.65. The minimum atomic E-state index is -0.294. The first-order valence-electron chi connectivity index (χ1n) is 6.44. The third kappa shape index (κ3) is 3.78. The molecule has 20 heavy (non-hydrogen) atoms. The minimum Gasteiger partial charge on any atom is -0.484 e. The molecule has 1 amide bonds. The number of benzene rings is 1. The third-order valence-electron chi connectivity index (χ3n) is 2.61. The number of carbonyl (C=O) groups excluding carboxylic acids is 1. The van der Waals surface area contributed by atoms with Crippen LogP contribution in [0.15, 0.2) is 24.3 Å². The fraction of sp³-hybridized carbons (Fsp3) is 0.385. The van der Waals surface area contributed by atoms with Gasteiger partial charge in [0, 0.05) is 6.54 Å². The van der Waals surface area contributed by atoms with Crippen molar-refractivity contribution in [3.63, 3.8) is 0 Å². The van der Waals surface area contributed by atoms with E-state index < -0.39 is 0 Å². The molecule has 0 saturated carbocycles. The number of hydrogen-bond donors (Lipinski definition) is 1. The Morgan fingerprint density at radius 1 is 1.35 bits per heavy atom. The van der Waals surface area contributed by atoms with E-state index in [4.69, 9.17) is 4.74 Å². The van der Waals surface area contributed by atoms with E-state index in [0.29, 0.717) is 18.2 Å². The first kappa shape index (κ1) is 14.0. The van der Waals surface area contributed by atoms with Gasteiger partial charge >= 0.3 is 0 Å². The van der Waals surface area contributed by atoms with Gasteiger partial charge in [0.05, 0.1) is 0 Å². The summed E-state index contributed by atoms with van der Waals surface area (Å²) in [6.45, 7) is 4.57. The highest BCUT2D eigenvalue weighted by atomic mass is 16.5. The lowest BCUT2D eigenvalue weighted by Gasteiger charge is -2.07. The lowest BCUT2D eigenvalue weighted by Crippen LogP contribution is -2.22. The second-order valence-electron chi connectivity index (χ2n) is 4.38. The molecule has 7 heteroatoms. The first-order valence-corrected chi connectivity index (χ1v) is 6.44. The molecule has 0 aliphatic heterocycles. The summed E-state index contributed by atoms with van der Waals surface area (Å²) < 4.78 is 6.93. The number of carbonyl (C=O) groups is 1. The van der Waals surface area contributed by atoms with Crippen molar-refractivity contribution in [2.75, 3.05) is 11.9 Å². The quantitative estimate of drug-likeness (QED) is 0.862. The maximum atomic E-state index is 11.8. The van der Waals surface area contributed by atoms with Gasteiger partial charge in [-0.25, -0.2) is 4.68 Å². The average Bonchev–Trinajstić information content (AvgIpc) is 2.86. The Bertz CT molecular complexity index is 564. The van der Waals surface area contributed by atoms with Crippen LogP contribution in [0.25, 0.3) is 0 Å². The zero-order chi connectivity index (χ0) is 14.4. The maximum Gasteiger partial charge on any atom is 0.264 e. The van der Waals surface area contributed by atoms with E-state index in [1.54, 1.807) is 4.68 Å². The predicted octanol–water partition coefficient (Wildman–Crippen LogP) is 1.41. The Hall–Kier alpha value is -2.44. The van der Waals surface area contributed by atoms with Crippen molar-refractivity contribution in [1.29, 1.82) is 0 Å². The van der Waals surface area contributed by atoms with Crippen LogP contribution in [0.1, 0.15) is 18.9 Å². The van der Waals surface area contributed by atoms with E-state index in [1.165, 1.54) is 0 Å². The van der Waals surface area contributed by atoms with E-state index in [2.05, 4.69) is 20.8 Å². The molecule has 0 atom stereocenters. The molecule has 0 spiro atoms. The van der Waals surface area contributed by atoms with Crippen LogP contribution in [0.4, 0.5) is 5.95 Å². The molecule has 0 aliphatic carbocycles. The highest BCUT2D eigenvalue weighted by molar-refractivity contribution is 5.90. The number of amides is 1. The number of nitrogens with zero attached hydrogens (tertiary/aromatic N) is 4. The normalized spacial score (nSPS) is 10.3. The van der Waals surface area contributed by atoms with Gasteiger partial charge in [0.15, 0.2) is 6.61 Å². The summed E-state index contributed by atoms with van der Waals surface area (Å²) in [4.78, 5) is 11.8. The smallest absolute Gasteiger partial charge is 0.264 e. The number of aryl methyl sites for hydroxylation is 2. The highest BCUT2D eigenvalue weighted by Crippen LogP contribution is 2.11. The van der Waals surface area contributed by atoms with Crippen molar-refractivity contribution in [2.45, 2.75) is 26.8 Å². The van der Waals surface area contributed by atoms with Gasteiger partial charge in [-0.15, -0.1) is 0 Å². The van der Waals surface area contributed by atoms with E-state index >= 15 is 0 Å². The molecule has 0 saturated heterocycles. The maximum absolute atomic E-state index is 11.8. The third-order valence-corrected chi connectivity index (χ3v) is 2.61. The van der Waals surface area contributed by atoms with Gasteiger partial charge in [0.1, 0.15) is 5.75 Å². The molecule has 1 aromatic carbocycles. The summed E-state index contributed by atoms with van der Waals surface area (Å²) in [5.41, 5.74) is 1.14. The van der Waals surface area contributed by atoms with Gasteiger partial charge in [-0.1, -0.05) is 29.7 Å². The summed E-state index contributed by atoms with van der Waals surface area (Å²) in [6.07, 6.45) is 0.883. The average molecular weight is 275 g/mol. The van der Waals surface area contributed by atoms with Crippen LogP contribution in [0.3, 0.4) is 0 Å². The molecule has 106 valence electrons. The summed E-state index contributed by atoms with van der Waals surface area (Å²) in [5.74, 6) is 0.695. The zero-order valence-electron chi connectivity index (χ0n) is 11.5. The molecular formula is C13H17N5O2. The Kier molecular flexibility index (Phi) is 4.65. The van der Waals surface area contributed by atoms with Crippen molar-refractivity contribution in [3.8, 4) is 5.75 Å². The van der Waals surface area contributed by atoms with Crippen LogP contribution in [-0.2, 0) is 11.3 Å². The number of tetrazole rings is 1. The molecule has 2 rings (SSSR count). The van der Waals surface area contributed by atoms with Gasteiger partial charge in [-0.05, 0) is 35.9 Å². The zero-order valence-corrected chi connectivity index (χ0v) is 11.5.